The van der Waals surface area contributed by atoms with E-state index in [-0.39, 0.29) is 0 Å². The van der Waals surface area contributed by atoms with Gasteiger partial charge < -0.3 is 13.6 Å². The number of allylic oxidation sites excluding steroid dienone is 1. The minimum Gasteiger partial charge on any atom is -0.544 e. The summed E-state index contributed by atoms with van der Waals surface area (Å²) in [4.78, 5) is 0. The van der Waals surface area contributed by atoms with Crippen molar-refractivity contribution in [3.8, 4) is 0 Å². The summed E-state index contributed by atoms with van der Waals surface area (Å²) in [5.41, 5.74) is 1.42. The Hall–Kier alpha value is -0.396. The highest BCUT2D eigenvalue weighted by molar-refractivity contribution is 6.70. The molecule has 0 aromatic rings. The zero-order valence-corrected chi connectivity index (χ0v) is 15.2. The summed E-state index contributed by atoms with van der Waals surface area (Å²) in [6, 6.07) is 0. The predicted octanol–water partition coefficient (Wildman–Crippen LogP) is 4.65. The molecule has 106 valence electrons. The first-order chi connectivity index (χ1) is 8.07. The van der Waals surface area contributed by atoms with Crippen LogP contribution >= 0.6 is 11.6 Å². The van der Waals surface area contributed by atoms with Crippen LogP contribution in [0.25, 0.3) is 0 Å². The van der Waals surface area contributed by atoms with Crippen LogP contribution in [0.15, 0.2) is 23.3 Å². The van der Waals surface area contributed by atoms with Crippen LogP contribution in [0, 0.1) is 0 Å². The lowest BCUT2D eigenvalue weighted by atomic mass is 10.5. The number of hydrogen-bond donors (Lipinski definition) is 0. The van der Waals surface area contributed by atoms with Crippen molar-refractivity contribution in [1.29, 1.82) is 0 Å². The number of rotatable bonds is 7. The van der Waals surface area contributed by atoms with Crippen LogP contribution in [0.5, 0.6) is 0 Å². The van der Waals surface area contributed by atoms with Gasteiger partial charge in [0.05, 0.1) is 12.7 Å². The van der Waals surface area contributed by atoms with Crippen molar-refractivity contribution in [3.63, 3.8) is 0 Å². The summed E-state index contributed by atoms with van der Waals surface area (Å²) in [7, 11) is -3.39. The van der Waals surface area contributed by atoms with E-state index in [1.807, 2.05) is 6.92 Å². The Labute approximate surface area is 118 Å². The summed E-state index contributed by atoms with van der Waals surface area (Å²) in [6.07, 6.45) is 1.73. The van der Waals surface area contributed by atoms with Crippen LogP contribution in [-0.2, 0) is 13.6 Å². The molecule has 0 heterocycles. The second-order valence-corrected chi connectivity index (χ2v) is 14.9. The average Bonchev–Trinajstić information content (AvgIpc) is 2.12. The Morgan fingerprint density at radius 1 is 1.00 bits per heavy atom. The SMILES string of the molecule is CCOC(=C/C(=C/Cl)O[Si](C)(C)C)O[Si](C)(C)C. The molecule has 0 aromatic carbocycles. The van der Waals surface area contributed by atoms with Crippen LogP contribution in [0.4, 0.5) is 0 Å². The maximum atomic E-state index is 5.84. The van der Waals surface area contributed by atoms with E-state index in [1.54, 1.807) is 6.08 Å². The second kappa shape index (κ2) is 7.26. The summed E-state index contributed by atoms with van der Waals surface area (Å²) < 4.78 is 17.1. The molecular weight excluding hydrogens is 284 g/mol. The van der Waals surface area contributed by atoms with Crippen molar-refractivity contribution in [2.45, 2.75) is 46.2 Å². The Morgan fingerprint density at radius 3 is 1.83 bits per heavy atom. The molecule has 0 radical (unpaired) electrons. The van der Waals surface area contributed by atoms with Crippen LogP contribution in [-0.4, -0.2) is 23.2 Å². The van der Waals surface area contributed by atoms with Gasteiger partial charge in [-0.05, 0) is 46.2 Å². The molecule has 3 nitrogen and oxygen atoms in total. The number of ether oxygens (including phenoxy) is 1. The molecule has 0 aliphatic carbocycles. The molecule has 0 aliphatic rings. The molecule has 0 aliphatic heterocycles. The standard InChI is InChI=1S/C12H25ClO3Si2/c1-8-14-12(16-18(5,6)7)9-11(10-13)15-17(2,3)4/h9-10H,8H2,1-7H3/b11-10-,12-9?. The van der Waals surface area contributed by atoms with Crippen molar-refractivity contribution in [3.05, 3.63) is 23.3 Å². The first kappa shape index (κ1) is 17.6. The van der Waals surface area contributed by atoms with E-state index in [2.05, 4.69) is 39.3 Å². The van der Waals surface area contributed by atoms with Crippen LogP contribution in [0.1, 0.15) is 6.92 Å². The van der Waals surface area contributed by atoms with E-state index in [9.17, 15) is 0 Å². The largest absolute Gasteiger partial charge is 0.544 e. The third kappa shape index (κ3) is 9.62. The highest BCUT2D eigenvalue weighted by Gasteiger charge is 2.21. The fourth-order valence-electron chi connectivity index (χ4n) is 1.10. The third-order valence-corrected chi connectivity index (χ3v) is 3.36. The summed E-state index contributed by atoms with van der Waals surface area (Å²) in [5.74, 6) is 1.08. The molecule has 0 saturated heterocycles. The molecule has 0 aromatic heterocycles. The molecule has 0 spiro atoms. The van der Waals surface area contributed by atoms with Crippen molar-refractivity contribution in [1.82, 2.24) is 0 Å². The first-order valence-electron chi connectivity index (χ1n) is 6.10. The summed E-state index contributed by atoms with van der Waals surface area (Å²) in [6.45, 7) is 15.1. The molecule has 0 saturated carbocycles. The van der Waals surface area contributed by atoms with E-state index in [4.69, 9.17) is 25.2 Å². The fraction of sp³-hybridized carbons (Fsp3) is 0.667. The molecular formula is C12H25ClO3Si2. The predicted molar refractivity (Wildman–Crippen MR) is 82.5 cm³/mol. The Balaban J connectivity index is 4.91. The normalized spacial score (nSPS) is 14.4. The summed E-state index contributed by atoms with van der Waals surface area (Å²) in [5, 5.41) is 0. The van der Waals surface area contributed by atoms with Crippen molar-refractivity contribution in [2.75, 3.05) is 6.61 Å². The van der Waals surface area contributed by atoms with Gasteiger partial charge in [0.1, 0.15) is 5.76 Å². The van der Waals surface area contributed by atoms with E-state index in [1.165, 1.54) is 5.54 Å². The molecule has 6 heteroatoms. The van der Waals surface area contributed by atoms with Gasteiger partial charge in [0, 0.05) is 5.54 Å². The van der Waals surface area contributed by atoms with Crippen molar-refractivity contribution < 1.29 is 13.6 Å². The van der Waals surface area contributed by atoms with Crippen LogP contribution < -0.4 is 0 Å². The average molecular weight is 309 g/mol. The molecule has 0 rings (SSSR count). The molecule has 0 atom stereocenters. The van der Waals surface area contributed by atoms with Gasteiger partial charge >= 0.3 is 0 Å². The van der Waals surface area contributed by atoms with Gasteiger partial charge in [0.2, 0.25) is 16.6 Å². The lowest BCUT2D eigenvalue weighted by Crippen LogP contribution is -2.27. The quantitative estimate of drug-likeness (QED) is 0.389. The topological polar surface area (TPSA) is 27.7 Å². The summed E-state index contributed by atoms with van der Waals surface area (Å²) >= 11 is 5.78. The Bertz CT molecular complexity index is 314. The molecule has 0 bridgehead atoms. The van der Waals surface area contributed by atoms with Gasteiger partial charge in [-0.3, -0.25) is 0 Å². The van der Waals surface area contributed by atoms with E-state index >= 15 is 0 Å². The zero-order chi connectivity index (χ0) is 14.4. The third-order valence-electron chi connectivity index (χ3n) is 1.49. The molecule has 18 heavy (non-hydrogen) atoms. The van der Waals surface area contributed by atoms with Gasteiger partial charge in [0.15, 0.2) is 0 Å². The van der Waals surface area contributed by atoms with Crippen LogP contribution in [0.2, 0.25) is 39.3 Å². The highest BCUT2D eigenvalue weighted by Crippen LogP contribution is 2.18. The molecule has 0 amide bonds. The fourth-order valence-corrected chi connectivity index (χ4v) is 2.83. The first-order valence-corrected chi connectivity index (χ1v) is 13.4. The van der Waals surface area contributed by atoms with Crippen molar-refractivity contribution in [2.24, 2.45) is 0 Å². The van der Waals surface area contributed by atoms with E-state index in [0.29, 0.717) is 18.3 Å². The maximum absolute atomic E-state index is 5.84. The second-order valence-electron chi connectivity index (χ2n) is 5.84. The maximum Gasteiger partial charge on any atom is 0.269 e. The van der Waals surface area contributed by atoms with Gasteiger partial charge in [-0.1, -0.05) is 11.6 Å². The lowest BCUT2D eigenvalue weighted by molar-refractivity contribution is 0.111. The molecule has 0 unspecified atom stereocenters. The minimum absolute atomic E-state index is 0.488. The van der Waals surface area contributed by atoms with Crippen molar-refractivity contribution >= 4 is 28.2 Å². The number of hydrogen-bond acceptors (Lipinski definition) is 3. The zero-order valence-electron chi connectivity index (χ0n) is 12.5. The molecule has 0 fully saturated rings. The van der Waals surface area contributed by atoms with Gasteiger partial charge in [-0.15, -0.1) is 0 Å². The van der Waals surface area contributed by atoms with Gasteiger partial charge in [-0.25, -0.2) is 0 Å². The van der Waals surface area contributed by atoms with E-state index in [0.717, 1.165) is 0 Å². The minimum atomic E-state index is -1.70. The Kier molecular flexibility index (Phi) is 7.10. The smallest absolute Gasteiger partial charge is 0.269 e. The number of halogens is 1. The van der Waals surface area contributed by atoms with Crippen LogP contribution in [0.3, 0.4) is 0 Å². The Morgan fingerprint density at radius 2 is 1.50 bits per heavy atom. The monoisotopic (exact) mass is 308 g/mol. The van der Waals surface area contributed by atoms with Gasteiger partial charge in [0.25, 0.3) is 5.95 Å². The van der Waals surface area contributed by atoms with E-state index < -0.39 is 16.6 Å². The highest BCUT2D eigenvalue weighted by atomic mass is 35.5. The van der Waals surface area contributed by atoms with Gasteiger partial charge in [-0.2, -0.15) is 0 Å². The molecule has 0 N–H and O–H groups in total. The lowest BCUT2D eigenvalue weighted by Gasteiger charge is -2.23.